The third-order valence-electron chi connectivity index (χ3n) is 11.0. The molecule has 0 aromatic rings. The Morgan fingerprint density at radius 1 is 0.605 bits per heavy atom. The van der Waals surface area contributed by atoms with Gasteiger partial charge in [0, 0.05) is 12.5 Å². The summed E-state index contributed by atoms with van der Waals surface area (Å²) in [5.74, 6) is 4.78. The van der Waals surface area contributed by atoms with Crippen LogP contribution in [-0.2, 0) is 4.74 Å². The van der Waals surface area contributed by atoms with Crippen molar-refractivity contribution in [3.8, 4) is 0 Å². The second kappa shape index (κ2) is 15.1. The average Bonchev–Trinajstić information content (AvgIpc) is 2.88. The maximum Gasteiger partial charge on any atom is 0.0649 e. The molecule has 222 valence electrons. The third kappa shape index (κ3) is 8.41. The first kappa shape index (κ1) is 30.8. The first-order valence-corrected chi connectivity index (χ1v) is 16.9. The molecule has 11 unspecified atom stereocenters. The standard InChI is InChI=1S/C33H63N3O2/c1-6-7-8-9-10-11-18-38-26-14-17-29(30(37)21-26)33-35-31(27-15-12-22(2)19-24(27)4)34-32(36-33)28-16-13-23(3)20-25(28)5/h22-37H,6-21H2,1-5H3. The van der Waals surface area contributed by atoms with Crippen LogP contribution in [0.4, 0.5) is 0 Å². The molecule has 11 atom stereocenters. The van der Waals surface area contributed by atoms with Crippen LogP contribution in [0.1, 0.15) is 131 Å². The van der Waals surface area contributed by atoms with Gasteiger partial charge in [-0.1, -0.05) is 79.6 Å². The molecular weight excluding hydrogens is 470 g/mol. The van der Waals surface area contributed by atoms with Crippen molar-refractivity contribution in [2.45, 2.75) is 162 Å². The highest BCUT2D eigenvalue weighted by atomic mass is 16.5. The lowest BCUT2D eigenvalue weighted by molar-refractivity contribution is -0.0649. The minimum atomic E-state index is -0.296. The van der Waals surface area contributed by atoms with E-state index in [0.717, 1.165) is 56.0 Å². The van der Waals surface area contributed by atoms with Crippen molar-refractivity contribution < 1.29 is 9.84 Å². The molecule has 4 aliphatic rings. The fraction of sp³-hybridized carbons (Fsp3) is 1.00. The van der Waals surface area contributed by atoms with E-state index in [4.69, 9.17) is 4.74 Å². The number of hydrogen-bond acceptors (Lipinski definition) is 5. The predicted molar refractivity (Wildman–Crippen MR) is 159 cm³/mol. The topological polar surface area (TPSA) is 65.5 Å². The molecule has 0 bridgehead atoms. The van der Waals surface area contributed by atoms with E-state index in [1.54, 1.807) is 0 Å². The largest absolute Gasteiger partial charge is 0.393 e. The summed E-state index contributed by atoms with van der Waals surface area (Å²) in [4.78, 5) is 0. The van der Waals surface area contributed by atoms with E-state index in [-0.39, 0.29) is 24.3 Å². The van der Waals surface area contributed by atoms with Crippen molar-refractivity contribution in [3.05, 3.63) is 0 Å². The van der Waals surface area contributed by atoms with E-state index in [1.165, 1.54) is 70.6 Å². The molecule has 0 amide bonds. The van der Waals surface area contributed by atoms with E-state index < -0.39 is 0 Å². The molecule has 4 rings (SSSR count). The number of rotatable bonds is 11. The number of aliphatic hydroxyl groups is 1. The Hall–Kier alpha value is -0.200. The highest BCUT2D eigenvalue weighted by Gasteiger charge is 2.45. The number of ether oxygens (including phenoxy) is 1. The number of nitrogens with one attached hydrogen (secondary N) is 3. The second-order valence-corrected chi connectivity index (χ2v) is 14.4. The molecule has 0 radical (unpaired) electrons. The maximum atomic E-state index is 11.4. The van der Waals surface area contributed by atoms with Gasteiger partial charge in [-0.2, -0.15) is 0 Å². The number of unbranched alkanes of at least 4 members (excludes halogenated alkanes) is 5. The molecule has 0 aromatic heterocycles. The summed E-state index contributed by atoms with van der Waals surface area (Å²) in [5.41, 5.74) is 0. The normalized spacial score (nSPS) is 44.7. The summed E-state index contributed by atoms with van der Waals surface area (Å²) < 4.78 is 6.26. The Labute approximate surface area is 235 Å². The minimum Gasteiger partial charge on any atom is -0.393 e. The predicted octanol–water partition coefficient (Wildman–Crippen LogP) is 6.80. The Bertz CT molecular complexity index is 643. The van der Waals surface area contributed by atoms with E-state index >= 15 is 0 Å². The molecule has 38 heavy (non-hydrogen) atoms. The minimum absolute atomic E-state index is 0.180. The SMILES string of the molecule is CCCCCCCCOC1CCC(C2NC(C3CCC(C)CC3C)NC(C3CCC(C)CC3C)N2)C(O)C1. The van der Waals surface area contributed by atoms with Gasteiger partial charge < -0.3 is 9.84 Å². The summed E-state index contributed by atoms with van der Waals surface area (Å²) >= 11 is 0. The van der Waals surface area contributed by atoms with Gasteiger partial charge in [-0.05, 0) is 86.9 Å². The molecule has 0 aromatic carbocycles. The van der Waals surface area contributed by atoms with Crippen molar-refractivity contribution in [1.82, 2.24) is 16.0 Å². The highest BCUT2D eigenvalue weighted by Crippen LogP contribution is 2.40. The molecule has 5 heteroatoms. The van der Waals surface area contributed by atoms with E-state index in [2.05, 4.69) is 50.6 Å². The van der Waals surface area contributed by atoms with Crippen LogP contribution >= 0.6 is 0 Å². The van der Waals surface area contributed by atoms with Gasteiger partial charge in [-0.15, -0.1) is 0 Å². The van der Waals surface area contributed by atoms with Crippen LogP contribution in [-0.4, -0.2) is 42.4 Å². The Morgan fingerprint density at radius 3 is 1.63 bits per heavy atom. The molecule has 3 saturated carbocycles. The van der Waals surface area contributed by atoms with Gasteiger partial charge in [-0.3, -0.25) is 16.0 Å². The van der Waals surface area contributed by atoms with Crippen LogP contribution in [0.5, 0.6) is 0 Å². The van der Waals surface area contributed by atoms with Gasteiger partial charge in [0.15, 0.2) is 0 Å². The molecule has 1 heterocycles. The molecular formula is C33H63N3O2. The zero-order chi connectivity index (χ0) is 27.1. The van der Waals surface area contributed by atoms with Gasteiger partial charge in [0.1, 0.15) is 0 Å². The molecule has 0 spiro atoms. The van der Waals surface area contributed by atoms with Gasteiger partial charge in [0.25, 0.3) is 0 Å². The molecule has 1 saturated heterocycles. The van der Waals surface area contributed by atoms with Crippen LogP contribution in [0.25, 0.3) is 0 Å². The second-order valence-electron chi connectivity index (χ2n) is 14.4. The van der Waals surface area contributed by atoms with E-state index in [1.807, 2.05) is 0 Å². The zero-order valence-electron chi connectivity index (χ0n) is 25.6. The lowest BCUT2D eigenvalue weighted by Crippen LogP contribution is -2.74. The van der Waals surface area contributed by atoms with E-state index in [0.29, 0.717) is 24.2 Å². The smallest absolute Gasteiger partial charge is 0.0649 e. The van der Waals surface area contributed by atoms with Crippen molar-refractivity contribution in [3.63, 3.8) is 0 Å². The van der Waals surface area contributed by atoms with Crippen molar-refractivity contribution in [2.24, 2.45) is 41.4 Å². The summed E-state index contributed by atoms with van der Waals surface area (Å²) in [5, 5.41) is 23.5. The monoisotopic (exact) mass is 533 g/mol. The quantitative estimate of drug-likeness (QED) is 0.220. The van der Waals surface area contributed by atoms with Crippen LogP contribution < -0.4 is 16.0 Å². The fourth-order valence-electron chi connectivity index (χ4n) is 8.64. The summed E-state index contributed by atoms with van der Waals surface area (Å²) in [6.07, 6.45) is 19.5. The average molecular weight is 534 g/mol. The van der Waals surface area contributed by atoms with Gasteiger partial charge in [-0.25, -0.2) is 0 Å². The summed E-state index contributed by atoms with van der Waals surface area (Å²) in [6, 6.07) is 0. The number of aliphatic hydroxyl groups excluding tert-OH is 1. The van der Waals surface area contributed by atoms with Crippen LogP contribution in [0, 0.1) is 41.4 Å². The molecule has 5 nitrogen and oxygen atoms in total. The maximum absolute atomic E-state index is 11.4. The van der Waals surface area contributed by atoms with E-state index in [9.17, 15) is 5.11 Å². The van der Waals surface area contributed by atoms with Crippen LogP contribution in [0.3, 0.4) is 0 Å². The molecule has 3 aliphatic carbocycles. The van der Waals surface area contributed by atoms with Crippen LogP contribution in [0.2, 0.25) is 0 Å². The van der Waals surface area contributed by atoms with Crippen molar-refractivity contribution >= 4 is 0 Å². The van der Waals surface area contributed by atoms with Crippen molar-refractivity contribution in [2.75, 3.05) is 6.61 Å². The molecule has 1 aliphatic heterocycles. The van der Waals surface area contributed by atoms with Crippen LogP contribution in [0.15, 0.2) is 0 Å². The Morgan fingerprint density at radius 2 is 1.11 bits per heavy atom. The molecule has 4 fully saturated rings. The first-order valence-electron chi connectivity index (χ1n) is 16.9. The summed E-state index contributed by atoms with van der Waals surface area (Å²) in [6.45, 7) is 12.9. The third-order valence-corrected chi connectivity index (χ3v) is 11.0. The first-order chi connectivity index (χ1) is 18.4. The number of hydrogen-bond donors (Lipinski definition) is 4. The fourth-order valence-corrected chi connectivity index (χ4v) is 8.64. The Balaban J connectivity index is 1.34. The lowest BCUT2D eigenvalue weighted by Gasteiger charge is -2.52. The van der Waals surface area contributed by atoms with Gasteiger partial charge >= 0.3 is 0 Å². The summed E-state index contributed by atoms with van der Waals surface area (Å²) in [7, 11) is 0. The Kier molecular flexibility index (Phi) is 12.3. The molecule has 4 N–H and O–H groups in total. The van der Waals surface area contributed by atoms with Crippen molar-refractivity contribution in [1.29, 1.82) is 0 Å². The highest BCUT2D eigenvalue weighted by molar-refractivity contribution is 4.98. The van der Waals surface area contributed by atoms with Gasteiger partial charge in [0.2, 0.25) is 0 Å². The van der Waals surface area contributed by atoms with Gasteiger partial charge in [0.05, 0.1) is 30.7 Å². The zero-order valence-corrected chi connectivity index (χ0v) is 25.6. The lowest BCUT2D eigenvalue weighted by atomic mass is 9.71.